The van der Waals surface area contributed by atoms with Crippen LogP contribution in [-0.2, 0) is 16.6 Å². The molecule has 0 atom stereocenters. The van der Waals surface area contributed by atoms with Crippen LogP contribution in [0.5, 0.6) is 0 Å². The number of rotatable bonds is 5. The molecule has 0 radical (unpaired) electrons. The zero-order valence-electron chi connectivity index (χ0n) is 12.9. The third-order valence-corrected chi connectivity index (χ3v) is 5.13. The molecule has 0 spiro atoms. The van der Waals surface area contributed by atoms with Gasteiger partial charge in [0.05, 0.1) is 4.90 Å². The second-order valence-corrected chi connectivity index (χ2v) is 7.54. The number of benzene rings is 1. The van der Waals surface area contributed by atoms with Crippen molar-refractivity contribution in [2.45, 2.75) is 11.4 Å². The first-order valence-corrected chi connectivity index (χ1v) is 8.71. The molecular weight excluding hydrogens is 332 g/mol. The molecule has 1 aromatic carbocycles. The minimum atomic E-state index is -3.47. The van der Waals surface area contributed by atoms with Crippen LogP contribution in [0, 0.1) is 0 Å². The Morgan fingerprint density at radius 2 is 1.91 bits per heavy atom. The van der Waals surface area contributed by atoms with Crippen LogP contribution in [-0.4, -0.2) is 36.9 Å². The smallest absolute Gasteiger partial charge is 0.242 e. The zero-order chi connectivity index (χ0) is 16.9. The van der Waals surface area contributed by atoms with Crippen LogP contribution in [0.25, 0.3) is 0 Å². The SMILES string of the molecule is CN(C)S(=O)(=O)c1cccc(NC(=S)NCc2ccncc2)c1. The molecule has 6 nitrogen and oxygen atoms in total. The monoisotopic (exact) mass is 350 g/mol. The third kappa shape index (κ3) is 4.72. The van der Waals surface area contributed by atoms with E-state index in [1.54, 1.807) is 36.7 Å². The molecule has 0 amide bonds. The minimum Gasteiger partial charge on any atom is -0.358 e. The van der Waals surface area contributed by atoms with Gasteiger partial charge in [-0.15, -0.1) is 0 Å². The van der Waals surface area contributed by atoms with Crippen molar-refractivity contribution in [1.29, 1.82) is 0 Å². The summed E-state index contributed by atoms with van der Waals surface area (Å²) in [6.45, 7) is 0.560. The fourth-order valence-electron chi connectivity index (χ4n) is 1.80. The van der Waals surface area contributed by atoms with Crippen molar-refractivity contribution < 1.29 is 8.42 Å². The average Bonchev–Trinajstić information content (AvgIpc) is 2.54. The van der Waals surface area contributed by atoms with E-state index in [0.29, 0.717) is 17.3 Å². The molecule has 0 fully saturated rings. The Balaban J connectivity index is 2.02. The maximum atomic E-state index is 12.1. The first kappa shape index (κ1) is 17.3. The van der Waals surface area contributed by atoms with Crippen LogP contribution in [0.3, 0.4) is 0 Å². The Morgan fingerprint density at radius 1 is 1.22 bits per heavy atom. The lowest BCUT2D eigenvalue weighted by Crippen LogP contribution is -2.28. The molecule has 2 N–H and O–H groups in total. The Morgan fingerprint density at radius 3 is 2.57 bits per heavy atom. The van der Waals surface area contributed by atoms with Crippen LogP contribution >= 0.6 is 12.2 Å². The van der Waals surface area contributed by atoms with E-state index in [-0.39, 0.29) is 4.90 Å². The molecule has 0 aliphatic heterocycles. The van der Waals surface area contributed by atoms with Crippen molar-refractivity contribution in [3.8, 4) is 0 Å². The zero-order valence-corrected chi connectivity index (χ0v) is 14.5. The number of nitrogens with one attached hydrogen (secondary N) is 2. The van der Waals surface area contributed by atoms with E-state index in [1.807, 2.05) is 12.1 Å². The summed E-state index contributed by atoms with van der Waals surface area (Å²) in [7, 11) is -0.475. The molecule has 0 saturated heterocycles. The van der Waals surface area contributed by atoms with Gasteiger partial charge in [0.1, 0.15) is 0 Å². The van der Waals surface area contributed by atoms with E-state index in [4.69, 9.17) is 12.2 Å². The quantitative estimate of drug-likeness (QED) is 0.802. The van der Waals surface area contributed by atoms with Gasteiger partial charge in [-0.3, -0.25) is 4.98 Å². The topological polar surface area (TPSA) is 74.3 Å². The molecule has 8 heteroatoms. The Kier molecular flexibility index (Phi) is 5.64. The van der Waals surface area contributed by atoms with Crippen molar-refractivity contribution in [2.75, 3.05) is 19.4 Å². The Bertz CT molecular complexity index is 777. The molecule has 1 aromatic heterocycles. The van der Waals surface area contributed by atoms with Gasteiger partial charge in [-0.05, 0) is 48.1 Å². The van der Waals surface area contributed by atoms with Gasteiger partial charge in [-0.2, -0.15) is 0 Å². The van der Waals surface area contributed by atoms with E-state index in [1.165, 1.54) is 18.4 Å². The molecular formula is C15H18N4O2S2. The number of anilines is 1. The molecule has 0 bridgehead atoms. The lowest BCUT2D eigenvalue weighted by molar-refractivity contribution is 0.521. The van der Waals surface area contributed by atoms with Gasteiger partial charge < -0.3 is 10.6 Å². The molecule has 2 aromatic rings. The largest absolute Gasteiger partial charge is 0.358 e. The van der Waals surface area contributed by atoms with Gasteiger partial charge in [0, 0.05) is 38.7 Å². The fraction of sp³-hybridized carbons (Fsp3) is 0.200. The highest BCUT2D eigenvalue weighted by atomic mass is 32.2. The standard InChI is InChI=1S/C15H18N4O2S2/c1-19(2)23(20,21)14-5-3-4-13(10-14)18-15(22)17-11-12-6-8-16-9-7-12/h3-10H,11H2,1-2H3,(H2,17,18,22). The van der Waals surface area contributed by atoms with Gasteiger partial charge in [0.15, 0.2) is 5.11 Å². The lowest BCUT2D eigenvalue weighted by Gasteiger charge is -2.14. The summed E-state index contributed by atoms with van der Waals surface area (Å²) in [5.41, 5.74) is 1.66. The molecule has 0 unspecified atom stereocenters. The van der Waals surface area contributed by atoms with E-state index < -0.39 is 10.0 Å². The Hall–Kier alpha value is -2.03. The summed E-state index contributed by atoms with van der Waals surface area (Å²) in [4.78, 5) is 4.16. The number of nitrogens with zero attached hydrogens (tertiary/aromatic N) is 2. The first-order valence-electron chi connectivity index (χ1n) is 6.86. The number of sulfonamides is 1. The van der Waals surface area contributed by atoms with Crippen LogP contribution < -0.4 is 10.6 Å². The number of hydrogen-bond donors (Lipinski definition) is 2. The molecule has 0 saturated carbocycles. The van der Waals surface area contributed by atoms with Gasteiger partial charge in [0.25, 0.3) is 0 Å². The third-order valence-electron chi connectivity index (χ3n) is 3.07. The molecule has 122 valence electrons. The number of aromatic nitrogens is 1. The molecule has 2 rings (SSSR count). The average molecular weight is 350 g/mol. The van der Waals surface area contributed by atoms with E-state index in [0.717, 1.165) is 5.56 Å². The second kappa shape index (κ2) is 7.49. The summed E-state index contributed by atoms with van der Waals surface area (Å²) in [6, 6.07) is 10.3. The lowest BCUT2D eigenvalue weighted by atomic mass is 10.3. The number of hydrogen-bond acceptors (Lipinski definition) is 4. The van der Waals surface area contributed by atoms with E-state index in [9.17, 15) is 8.42 Å². The summed E-state index contributed by atoms with van der Waals surface area (Å²) < 4.78 is 25.4. The number of thiocarbonyl (C=S) groups is 1. The number of pyridine rings is 1. The Labute approximate surface area is 141 Å². The van der Waals surface area contributed by atoms with Crippen molar-refractivity contribution in [3.63, 3.8) is 0 Å². The van der Waals surface area contributed by atoms with Crippen LogP contribution in [0.1, 0.15) is 5.56 Å². The fourth-order valence-corrected chi connectivity index (χ4v) is 2.94. The highest BCUT2D eigenvalue weighted by molar-refractivity contribution is 7.89. The molecule has 0 aliphatic carbocycles. The van der Waals surface area contributed by atoms with Crippen molar-refractivity contribution in [2.24, 2.45) is 0 Å². The van der Waals surface area contributed by atoms with Crippen LogP contribution in [0.4, 0.5) is 5.69 Å². The molecule has 1 heterocycles. The predicted molar refractivity (Wildman–Crippen MR) is 94.6 cm³/mol. The van der Waals surface area contributed by atoms with Crippen molar-refractivity contribution >= 4 is 33.0 Å². The maximum Gasteiger partial charge on any atom is 0.242 e. The summed E-state index contributed by atoms with van der Waals surface area (Å²) in [5, 5.41) is 6.46. The second-order valence-electron chi connectivity index (χ2n) is 4.98. The summed E-state index contributed by atoms with van der Waals surface area (Å²) >= 11 is 5.23. The van der Waals surface area contributed by atoms with Gasteiger partial charge in [-0.1, -0.05) is 6.07 Å². The van der Waals surface area contributed by atoms with Gasteiger partial charge >= 0.3 is 0 Å². The molecule has 23 heavy (non-hydrogen) atoms. The van der Waals surface area contributed by atoms with Crippen molar-refractivity contribution in [1.82, 2.24) is 14.6 Å². The van der Waals surface area contributed by atoms with Gasteiger partial charge in [0.2, 0.25) is 10.0 Å². The van der Waals surface area contributed by atoms with E-state index in [2.05, 4.69) is 15.6 Å². The first-order chi connectivity index (χ1) is 10.9. The molecule has 0 aliphatic rings. The normalized spacial score (nSPS) is 11.3. The summed E-state index contributed by atoms with van der Waals surface area (Å²) in [5.74, 6) is 0. The highest BCUT2D eigenvalue weighted by Crippen LogP contribution is 2.17. The summed E-state index contributed by atoms with van der Waals surface area (Å²) in [6.07, 6.45) is 3.42. The minimum absolute atomic E-state index is 0.212. The van der Waals surface area contributed by atoms with Crippen LogP contribution in [0.15, 0.2) is 53.7 Å². The highest BCUT2D eigenvalue weighted by Gasteiger charge is 2.17. The van der Waals surface area contributed by atoms with Crippen LogP contribution in [0.2, 0.25) is 0 Å². The van der Waals surface area contributed by atoms with Gasteiger partial charge in [-0.25, -0.2) is 12.7 Å². The predicted octanol–water partition coefficient (Wildman–Crippen LogP) is 1.82. The van der Waals surface area contributed by atoms with E-state index >= 15 is 0 Å². The van der Waals surface area contributed by atoms with Crippen molar-refractivity contribution in [3.05, 3.63) is 54.4 Å². The maximum absolute atomic E-state index is 12.1.